The topological polar surface area (TPSA) is 43.8 Å². The number of aromatic nitrogens is 2. The molecule has 16 heavy (non-hydrogen) atoms. The van der Waals surface area contributed by atoms with Crippen LogP contribution in [0.4, 0.5) is 0 Å². The van der Waals surface area contributed by atoms with Crippen LogP contribution in [0.15, 0.2) is 42.7 Å². The molecule has 3 nitrogen and oxygen atoms in total. The molecule has 1 heterocycles. The molecule has 1 atom stereocenters. The van der Waals surface area contributed by atoms with Gasteiger partial charge in [0.25, 0.3) is 0 Å². The molecular formula is C13H17N3. The molecule has 0 aliphatic rings. The Morgan fingerprint density at radius 3 is 2.69 bits per heavy atom. The predicted octanol–water partition coefficient (Wildman–Crippen LogP) is 1.82. The molecule has 0 aliphatic carbocycles. The van der Waals surface area contributed by atoms with Gasteiger partial charge in [-0.05, 0) is 24.5 Å². The molecule has 0 amide bonds. The molecule has 0 spiro atoms. The van der Waals surface area contributed by atoms with Crippen molar-refractivity contribution < 1.29 is 0 Å². The van der Waals surface area contributed by atoms with E-state index in [-0.39, 0.29) is 6.04 Å². The van der Waals surface area contributed by atoms with E-state index in [0.717, 1.165) is 13.0 Å². The van der Waals surface area contributed by atoms with Crippen LogP contribution in [0.3, 0.4) is 0 Å². The fraction of sp³-hybridized carbons (Fsp3) is 0.308. The largest absolute Gasteiger partial charge is 0.328 e. The van der Waals surface area contributed by atoms with E-state index in [2.05, 4.69) is 23.4 Å². The van der Waals surface area contributed by atoms with Crippen LogP contribution in [-0.2, 0) is 13.0 Å². The van der Waals surface area contributed by atoms with E-state index in [1.165, 1.54) is 11.1 Å². The highest BCUT2D eigenvalue weighted by molar-refractivity contribution is 5.15. The van der Waals surface area contributed by atoms with E-state index in [4.69, 9.17) is 5.73 Å². The highest BCUT2D eigenvalue weighted by Gasteiger charge is 2.01. The number of nitrogens with two attached hydrogens (primary N) is 1. The van der Waals surface area contributed by atoms with Crippen LogP contribution < -0.4 is 5.73 Å². The van der Waals surface area contributed by atoms with Crippen molar-refractivity contribution >= 4 is 0 Å². The predicted molar refractivity (Wildman–Crippen MR) is 65.1 cm³/mol. The van der Waals surface area contributed by atoms with Gasteiger partial charge < -0.3 is 5.73 Å². The van der Waals surface area contributed by atoms with Gasteiger partial charge in [0.05, 0.1) is 12.7 Å². The minimum atomic E-state index is 0.189. The number of hydrogen-bond donors (Lipinski definition) is 1. The lowest BCUT2D eigenvalue weighted by Gasteiger charge is -2.02. The Labute approximate surface area is 95.9 Å². The Hall–Kier alpha value is -1.61. The Balaban J connectivity index is 2.03. The summed E-state index contributed by atoms with van der Waals surface area (Å²) in [6, 6.07) is 10.5. The summed E-state index contributed by atoms with van der Waals surface area (Å²) in [5.41, 5.74) is 8.21. The summed E-state index contributed by atoms with van der Waals surface area (Å²) in [5.74, 6) is 0. The van der Waals surface area contributed by atoms with Gasteiger partial charge in [-0.1, -0.05) is 30.3 Å². The number of hydrogen-bond acceptors (Lipinski definition) is 2. The summed E-state index contributed by atoms with van der Waals surface area (Å²) in [5, 5.41) is 4.33. The van der Waals surface area contributed by atoms with Crippen molar-refractivity contribution in [2.75, 3.05) is 0 Å². The highest BCUT2D eigenvalue weighted by Crippen LogP contribution is 2.05. The smallest absolute Gasteiger partial charge is 0.0659 e. The van der Waals surface area contributed by atoms with Crippen molar-refractivity contribution in [3.63, 3.8) is 0 Å². The summed E-state index contributed by atoms with van der Waals surface area (Å²) in [6.07, 6.45) is 4.84. The molecule has 0 bridgehead atoms. The normalized spacial score (nSPS) is 12.6. The molecule has 84 valence electrons. The lowest BCUT2D eigenvalue weighted by atomic mass is 10.1. The van der Waals surface area contributed by atoms with Crippen molar-refractivity contribution in [1.29, 1.82) is 0 Å². The third kappa shape index (κ3) is 2.94. The second-order valence-corrected chi connectivity index (χ2v) is 4.21. The maximum Gasteiger partial charge on any atom is 0.0659 e. The van der Waals surface area contributed by atoms with Crippen LogP contribution in [0, 0.1) is 0 Å². The van der Waals surface area contributed by atoms with Gasteiger partial charge in [-0.25, -0.2) is 0 Å². The molecule has 0 fully saturated rings. The molecule has 0 saturated carbocycles. The first-order chi connectivity index (χ1) is 7.74. The molecule has 3 heteroatoms. The van der Waals surface area contributed by atoms with Gasteiger partial charge in [0.2, 0.25) is 0 Å². The van der Waals surface area contributed by atoms with Crippen molar-refractivity contribution in [2.45, 2.75) is 25.9 Å². The van der Waals surface area contributed by atoms with Crippen molar-refractivity contribution in [3.05, 3.63) is 53.9 Å². The maximum absolute atomic E-state index is 5.75. The lowest BCUT2D eigenvalue weighted by molar-refractivity contribution is 0.684. The van der Waals surface area contributed by atoms with Gasteiger partial charge in [-0.3, -0.25) is 4.68 Å². The van der Waals surface area contributed by atoms with Crippen LogP contribution in [0.5, 0.6) is 0 Å². The lowest BCUT2D eigenvalue weighted by Crippen LogP contribution is -2.17. The zero-order chi connectivity index (χ0) is 11.4. The second-order valence-electron chi connectivity index (χ2n) is 4.21. The van der Waals surface area contributed by atoms with Crippen molar-refractivity contribution in [3.8, 4) is 0 Å². The van der Waals surface area contributed by atoms with Crippen LogP contribution in [-0.4, -0.2) is 15.8 Å². The zero-order valence-electron chi connectivity index (χ0n) is 9.50. The minimum Gasteiger partial charge on any atom is -0.328 e. The molecule has 1 aromatic heterocycles. The Morgan fingerprint density at radius 2 is 2.00 bits per heavy atom. The summed E-state index contributed by atoms with van der Waals surface area (Å²) in [4.78, 5) is 0. The van der Waals surface area contributed by atoms with Gasteiger partial charge in [-0.15, -0.1) is 0 Å². The van der Waals surface area contributed by atoms with Crippen LogP contribution in [0.1, 0.15) is 18.1 Å². The SMILES string of the molecule is CC(N)Cc1cnn(Cc2ccccc2)c1. The number of benzene rings is 1. The Bertz CT molecular complexity index is 431. The third-order valence-corrected chi connectivity index (χ3v) is 2.43. The van der Waals surface area contributed by atoms with Gasteiger partial charge in [0.15, 0.2) is 0 Å². The molecule has 2 N–H and O–H groups in total. The molecule has 0 saturated heterocycles. The van der Waals surface area contributed by atoms with Crippen LogP contribution in [0.2, 0.25) is 0 Å². The molecular weight excluding hydrogens is 198 g/mol. The van der Waals surface area contributed by atoms with Crippen LogP contribution >= 0.6 is 0 Å². The molecule has 1 aromatic carbocycles. The van der Waals surface area contributed by atoms with Crippen LogP contribution in [0.25, 0.3) is 0 Å². The van der Waals surface area contributed by atoms with E-state index >= 15 is 0 Å². The van der Waals surface area contributed by atoms with E-state index < -0.39 is 0 Å². The van der Waals surface area contributed by atoms with Crippen molar-refractivity contribution in [2.24, 2.45) is 5.73 Å². The quantitative estimate of drug-likeness (QED) is 0.845. The molecule has 2 aromatic rings. The third-order valence-electron chi connectivity index (χ3n) is 2.43. The molecule has 2 rings (SSSR count). The molecule has 1 unspecified atom stereocenters. The second kappa shape index (κ2) is 4.94. The minimum absolute atomic E-state index is 0.189. The molecule has 0 aliphatic heterocycles. The zero-order valence-corrected chi connectivity index (χ0v) is 9.50. The summed E-state index contributed by atoms with van der Waals surface area (Å²) in [7, 11) is 0. The standard InChI is InChI=1S/C13H17N3/c1-11(14)7-13-8-15-16(10-13)9-12-5-3-2-4-6-12/h2-6,8,10-11H,7,9,14H2,1H3. The fourth-order valence-corrected chi connectivity index (χ4v) is 1.74. The highest BCUT2D eigenvalue weighted by atomic mass is 15.3. The Kier molecular flexibility index (Phi) is 3.37. The van der Waals surface area contributed by atoms with Gasteiger partial charge in [0.1, 0.15) is 0 Å². The van der Waals surface area contributed by atoms with Gasteiger partial charge in [-0.2, -0.15) is 5.10 Å². The van der Waals surface area contributed by atoms with E-state index in [1.807, 2.05) is 36.0 Å². The monoisotopic (exact) mass is 215 g/mol. The first-order valence-corrected chi connectivity index (χ1v) is 5.55. The van der Waals surface area contributed by atoms with E-state index in [1.54, 1.807) is 0 Å². The first kappa shape index (κ1) is 10.9. The Morgan fingerprint density at radius 1 is 1.25 bits per heavy atom. The fourth-order valence-electron chi connectivity index (χ4n) is 1.74. The average Bonchev–Trinajstić information content (AvgIpc) is 2.66. The summed E-state index contributed by atoms with van der Waals surface area (Å²) < 4.78 is 1.95. The van der Waals surface area contributed by atoms with Gasteiger partial charge in [0, 0.05) is 12.2 Å². The van der Waals surface area contributed by atoms with E-state index in [0.29, 0.717) is 0 Å². The summed E-state index contributed by atoms with van der Waals surface area (Å²) in [6.45, 7) is 2.83. The molecule has 0 radical (unpaired) electrons. The first-order valence-electron chi connectivity index (χ1n) is 5.55. The maximum atomic E-state index is 5.75. The van der Waals surface area contributed by atoms with Crippen molar-refractivity contribution in [1.82, 2.24) is 9.78 Å². The van der Waals surface area contributed by atoms with Gasteiger partial charge >= 0.3 is 0 Å². The summed E-state index contributed by atoms with van der Waals surface area (Å²) >= 11 is 0. The number of nitrogens with zero attached hydrogens (tertiary/aromatic N) is 2. The number of rotatable bonds is 4. The average molecular weight is 215 g/mol. The van der Waals surface area contributed by atoms with E-state index in [9.17, 15) is 0 Å².